The van der Waals surface area contributed by atoms with E-state index in [2.05, 4.69) is 10.6 Å². The van der Waals surface area contributed by atoms with E-state index in [-0.39, 0.29) is 36.1 Å². The maximum atomic E-state index is 12.2. The number of carbonyl (C=O) groups is 3. The molecule has 1 saturated carbocycles. The molecule has 2 aliphatic rings. The number of aliphatic carboxylic acids is 1. The minimum Gasteiger partial charge on any atom is -0.481 e. The van der Waals surface area contributed by atoms with Crippen LogP contribution in [0.5, 0.6) is 0 Å². The molecule has 1 aliphatic heterocycles. The van der Waals surface area contributed by atoms with E-state index in [9.17, 15) is 14.4 Å². The van der Waals surface area contributed by atoms with Gasteiger partial charge in [0.1, 0.15) is 0 Å². The second kappa shape index (κ2) is 6.91. The van der Waals surface area contributed by atoms with E-state index in [4.69, 9.17) is 5.11 Å². The smallest absolute Gasteiger partial charge is 0.303 e. The Morgan fingerprint density at radius 1 is 1.24 bits per heavy atom. The Morgan fingerprint density at radius 2 is 1.95 bits per heavy atom. The van der Waals surface area contributed by atoms with Gasteiger partial charge in [0.2, 0.25) is 11.8 Å². The van der Waals surface area contributed by atoms with Crippen LogP contribution in [0.2, 0.25) is 0 Å². The molecule has 1 aliphatic carbocycles. The molecule has 1 unspecified atom stereocenters. The highest BCUT2D eigenvalue weighted by Gasteiger charge is 2.37. The van der Waals surface area contributed by atoms with E-state index in [0.717, 1.165) is 32.1 Å². The first-order valence-corrected chi connectivity index (χ1v) is 7.77. The van der Waals surface area contributed by atoms with Gasteiger partial charge in [-0.2, -0.15) is 0 Å². The molecule has 118 valence electrons. The average Bonchev–Trinajstić information content (AvgIpc) is 2.41. The van der Waals surface area contributed by atoms with Crippen molar-refractivity contribution < 1.29 is 19.5 Å². The van der Waals surface area contributed by atoms with Crippen molar-refractivity contribution in [3.05, 3.63) is 0 Å². The molecule has 1 atom stereocenters. The summed E-state index contributed by atoms with van der Waals surface area (Å²) in [4.78, 5) is 34.4. The molecule has 1 heterocycles. The molecule has 21 heavy (non-hydrogen) atoms. The lowest BCUT2D eigenvalue weighted by Crippen LogP contribution is -2.48. The largest absolute Gasteiger partial charge is 0.481 e. The average molecular weight is 296 g/mol. The van der Waals surface area contributed by atoms with Gasteiger partial charge in [0.15, 0.2) is 0 Å². The first-order valence-electron chi connectivity index (χ1n) is 7.77. The van der Waals surface area contributed by atoms with Crippen LogP contribution in [0.25, 0.3) is 0 Å². The molecular formula is C15H24N2O4. The number of rotatable bonds is 5. The molecule has 3 N–H and O–H groups in total. The Kier molecular flexibility index (Phi) is 5.20. The van der Waals surface area contributed by atoms with E-state index < -0.39 is 5.97 Å². The summed E-state index contributed by atoms with van der Waals surface area (Å²) in [5.41, 5.74) is -0.383. The lowest BCUT2D eigenvalue weighted by atomic mass is 9.69. The first-order chi connectivity index (χ1) is 9.99. The van der Waals surface area contributed by atoms with Gasteiger partial charge in [0.25, 0.3) is 0 Å². The van der Waals surface area contributed by atoms with Crippen LogP contribution in [0, 0.1) is 5.41 Å². The van der Waals surface area contributed by atoms with Gasteiger partial charge in [-0.15, -0.1) is 0 Å². The second-order valence-electron chi connectivity index (χ2n) is 6.42. The van der Waals surface area contributed by atoms with Gasteiger partial charge in [0.05, 0.1) is 6.42 Å². The third-order valence-electron chi connectivity index (χ3n) is 4.61. The number of hydrogen-bond donors (Lipinski definition) is 3. The monoisotopic (exact) mass is 296 g/mol. The fourth-order valence-electron chi connectivity index (χ4n) is 3.51. The third-order valence-corrected chi connectivity index (χ3v) is 4.61. The van der Waals surface area contributed by atoms with Crippen LogP contribution < -0.4 is 10.6 Å². The quantitative estimate of drug-likeness (QED) is 0.710. The summed E-state index contributed by atoms with van der Waals surface area (Å²) in [6.07, 6.45) is 6.19. The summed E-state index contributed by atoms with van der Waals surface area (Å²) in [7, 11) is 0. The van der Waals surface area contributed by atoms with Crippen LogP contribution in [0.4, 0.5) is 0 Å². The molecule has 2 rings (SSSR count). The summed E-state index contributed by atoms with van der Waals surface area (Å²) < 4.78 is 0. The molecule has 0 radical (unpaired) electrons. The molecule has 6 heteroatoms. The van der Waals surface area contributed by atoms with Crippen LogP contribution in [0.3, 0.4) is 0 Å². The summed E-state index contributed by atoms with van der Waals surface area (Å²) in [6, 6.07) is -0.0272. The Hall–Kier alpha value is -1.59. The van der Waals surface area contributed by atoms with Crippen molar-refractivity contribution >= 4 is 17.8 Å². The number of amides is 2. The zero-order valence-corrected chi connectivity index (χ0v) is 12.3. The molecule has 0 aromatic rings. The standard InChI is InChI=1S/C15H24N2O4/c18-12-5-4-11(10-16-12)17-13(19)8-15(9-14(20)21)6-2-1-3-7-15/h11H,1-10H2,(H,16,18)(H,17,19)(H,20,21). The summed E-state index contributed by atoms with van der Waals surface area (Å²) in [6.45, 7) is 0.469. The lowest BCUT2D eigenvalue weighted by Gasteiger charge is -2.36. The molecule has 0 aromatic heterocycles. The van der Waals surface area contributed by atoms with Crippen molar-refractivity contribution in [1.29, 1.82) is 0 Å². The number of nitrogens with one attached hydrogen (secondary N) is 2. The fraction of sp³-hybridized carbons (Fsp3) is 0.800. The molecule has 2 fully saturated rings. The summed E-state index contributed by atoms with van der Waals surface area (Å²) in [5, 5.41) is 14.8. The zero-order chi connectivity index (χ0) is 15.3. The summed E-state index contributed by atoms with van der Waals surface area (Å²) in [5.74, 6) is -0.885. The van der Waals surface area contributed by atoms with E-state index in [0.29, 0.717) is 19.4 Å². The molecule has 2 amide bonds. The van der Waals surface area contributed by atoms with Crippen molar-refractivity contribution in [3.8, 4) is 0 Å². The number of carboxylic acids is 1. The second-order valence-corrected chi connectivity index (χ2v) is 6.42. The number of hydrogen-bond acceptors (Lipinski definition) is 3. The maximum absolute atomic E-state index is 12.2. The molecule has 0 aromatic carbocycles. The highest BCUT2D eigenvalue weighted by atomic mass is 16.4. The number of carboxylic acid groups (broad SMARTS) is 1. The first kappa shape index (κ1) is 15.8. The zero-order valence-electron chi connectivity index (χ0n) is 12.3. The third kappa shape index (κ3) is 4.72. The van der Waals surface area contributed by atoms with Crippen molar-refractivity contribution in [2.24, 2.45) is 5.41 Å². The van der Waals surface area contributed by atoms with Crippen LogP contribution in [0.1, 0.15) is 57.8 Å². The van der Waals surface area contributed by atoms with Gasteiger partial charge in [0, 0.05) is 25.4 Å². The van der Waals surface area contributed by atoms with Gasteiger partial charge in [-0.3, -0.25) is 14.4 Å². The van der Waals surface area contributed by atoms with Crippen molar-refractivity contribution in [2.45, 2.75) is 63.8 Å². The van der Waals surface area contributed by atoms with Crippen LogP contribution >= 0.6 is 0 Å². The Balaban J connectivity index is 1.88. The number of carbonyl (C=O) groups excluding carboxylic acids is 2. The Bertz CT molecular complexity index is 406. The van der Waals surface area contributed by atoms with Gasteiger partial charge in [-0.1, -0.05) is 19.3 Å². The number of piperidine rings is 1. The minimum atomic E-state index is -0.824. The predicted molar refractivity (Wildman–Crippen MR) is 76.6 cm³/mol. The van der Waals surface area contributed by atoms with E-state index in [1.54, 1.807) is 0 Å². The van der Waals surface area contributed by atoms with Gasteiger partial charge >= 0.3 is 5.97 Å². The topological polar surface area (TPSA) is 95.5 Å². The van der Waals surface area contributed by atoms with E-state index in [1.165, 1.54) is 0 Å². The fourth-order valence-corrected chi connectivity index (χ4v) is 3.51. The van der Waals surface area contributed by atoms with Crippen LogP contribution in [-0.2, 0) is 14.4 Å². The van der Waals surface area contributed by atoms with Gasteiger partial charge in [-0.25, -0.2) is 0 Å². The predicted octanol–water partition coefficient (Wildman–Crippen LogP) is 1.20. The van der Waals surface area contributed by atoms with E-state index >= 15 is 0 Å². The normalized spacial score (nSPS) is 25.0. The van der Waals surface area contributed by atoms with Crippen LogP contribution in [-0.4, -0.2) is 35.5 Å². The molecule has 0 bridgehead atoms. The lowest BCUT2D eigenvalue weighted by molar-refractivity contribution is -0.141. The maximum Gasteiger partial charge on any atom is 0.303 e. The Labute approximate surface area is 124 Å². The molecule has 1 saturated heterocycles. The molecule has 0 spiro atoms. The molecular weight excluding hydrogens is 272 g/mol. The van der Waals surface area contributed by atoms with Crippen molar-refractivity contribution in [3.63, 3.8) is 0 Å². The molecule has 6 nitrogen and oxygen atoms in total. The van der Waals surface area contributed by atoms with Gasteiger partial charge in [-0.05, 0) is 24.7 Å². The van der Waals surface area contributed by atoms with E-state index in [1.807, 2.05) is 0 Å². The van der Waals surface area contributed by atoms with Crippen molar-refractivity contribution in [1.82, 2.24) is 10.6 Å². The highest BCUT2D eigenvalue weighted by molar-refractivity contribution is 5.80. The van der Waals surface area contributed by atoms with Crippen LogP contribution in [0.15, 0.2) is 0 Å². The summed E-state index contributed by atoms with van der Waals surface area (Å²) >= 11 is 0. The van der Waals surface area contributed by atoms with Crippen molar-refractivity contribution in [2.75, 3.05) is 6.54 Å². The SMILES string of the molecule is O=C(O)CC1(CC(=O)NC2CCC(=O)NC2)CCCCC1. The Morgan fingerprint density at radius 3 is 2.52 bits per heavy atom. The minimum absolute atomic E-state index is 0.0233. The van der Waals surface area contributed by atoms with Gasteiger partial charge < -0.3 is 15.7 Å². The highest BCUT2D eigenvalue weighted by Crippen LogP contribution is 2.42.